The van der Waals surface area contributed by atoms with Crippen molar-refractivity contribution in [2.24, 2.45) is 4.99 Å². The SMILES string of the molecule is Oc1nc(N[C@H]2C[C@@H]2c2ccccc2)sc1/C=C1\C=Nc2ncccc21. The molecule has 1 saturated carbocycles. The highest BCUT2D eigenvalue weighted by Crippen LogP contribution is 2.44. The summed E-state index contributed by atoms with van der Waals surface area (Å²) in [5.41, 5.74) is 3.26. The fraction of sp³-hybridized carbons (Fsp3) is 0.150. The molecule has 0 radical (unpaired) electrons. The minimum Gasteiger partial charge on any atom is -0.492 e. The number of thiazole rings is 1. The lowest BCUT2D eigenvalue weighted by molar-refractivity contribution is 0.456. The number of nitrogens with zero attached hydrogens (tertiary/aromatic N) is 3. The molecule has 0 bridgehead atoms. The van der Waals surface area contributed by atoms with E-state index < -0.39 is 0 Å². The average Bonchev–Trinajstić information content (AvgIpc) is 3.18. The Bertz CT molecular complexity index is 1030. The second-order valence-electron chi connectivity index (χ2n) is 6.44. The number of nitrogens with one attached hydrogen (secondary N) is 1. The topological polar surface area (TPSA) is 70.4 Å². The molecule has 128 valence electrons. The third-order valence-electron chi connectivity index (χ3n) is 4.67. The lowest BCUT2D eigenvalue weighted by atomic mass is 10.1. The monoisotopic (exact) mass is 360 g/mol. The van der Waals surface area contributed by atoms with Crippen molar-refractivity contribution in [3.8, 4) is 5.88 Å². The van der Waals surface area contributed by atoms with Crippen LogP contribution < -0.4 is 5.32 Å². The van der Waals surface area contributed by atoms with E-state index in [-0.39, 0.29) is 5.88 Å². The third-order valence-corrected chi connectivity index (χ3v) is 5.59. The molecule has 2 N–H and O–H groups in total. The summed E-state index contributed by atoms with van der Waals surface area (Å²) in [6.07, 6.45) is 6.50. The minimum absolute atomic E-state index is 0.0488. The van der Waals surface area contributed by atoms with E-state index in [1.165, 1.54) is 16.9 Å². The second-order valence-corrected chi connectivity index (χ2v) is 7.47. The van der Waals surface area contributed by atoms with Crippen molar-refractivity contribution in [3.05, 3.63) is 64.7 Å². The van der Waals surface area contributed by atoms with Gasteiger partial charge < -0.3 is 10.4 Å². The number of hydrogen-bond donors (Lipinski definition) is 2. The Kier molecular flexibility index (Phi) is 3.57. The molecule has 3 heterocycles. The molecular formula is C20H16N4OS. The predicted molar refractivity (Wildman–Crippen MR) is 105 cm³/mol. The van der Waals surface area contributed by atoms with Gasteiger partial charge in [0.2, 0.25) is 5.88 Å². The van der Waals surface area contributed by atoms with Crippen LogP contribution in [0.5, 0.6) is 5.88 Å². The van der Waals surface area contributed by atoms with Crippen LogP contribution in [-0.4, -0.2) is 27.3 Å². The van der Waals surface area contributed by atoms with Gasteiger partial charge in [-0.3, -0.25) is 0 Å². The largest absolute Gasteiger partial charge is 0.492 e. The van der Waals surface area contributed by atoms with E-state index in [0.29, 0.717) is 17.8 Å². The van der Waals surface area contributed by atoms with E-state index in [4.69, 9.17) is 0 Å². The van der Waals surface area contributed by atoms with Crippen molar-refractivity contribution < 1.29 is 5.11 Å². The van der Waals surface area contributed by atoms with Crippen molar-refractivity contribution in [2.45, 2.75) is 18.4 Å². The molecule has 1 aromatic carbocycles. The molecule has 2 aliphatic rings. The zero-order valence-electron chi connectivity index (χ0n) is 13.8. The highest BCUT2D eigenvalue weighted by atomic mass is 32.1. The molecule has 1 fully saturated rings. The van der Waals surface area contributed by atoms with Crippen LogP contribution in [0.1, 0.15) is 28.3 Å². The number of benzene rings is 1. The smallest absolute Gasteiger partial charge is 0.231 e. The normalized spacial score (nSPS) is 21.8. The molecule has 0 saturated heterocycles. The summed E-state index contributed by atoms with van der Waals surface area (Å²) in [7, 11) is 0. The molecule has 5 nitrogen and oxygen atoms in total. The maximum atomic E-state index is 10.2. The number of pyridine rings is 1. The fourth-order valence-electron chi connectivity index (χ4n) is 3.24. The van der Waals surface area contributed by atoms with Gasteiger partial charge in [0.15, 0.2) is 10.9 Å². The minimum atomic E-state index is 0.0488. The summed E-state index contributed by atoms with van der Waals surface area (Å²) in [4.78, 5) is 13.5. The molecule has 1 aliphatic carbocycles. The van der Waals surface area contributed by atoms with Crippen LogP contribution in [0, 0.1) is 0 Å². The highest BCUT2D eigenvalue weighted by molar-refractivity contribution is 7.16. The van der Waals surface area contributed by atoms with Crippen molar-refractivity contribution in [1.82, 2.24) is 9.97 Å². The maximum absolute atomic E-state index is 10.2. The number of aliphatic imine (C=N–C) groups is 1. The van der Waals surface area contributed by atoms with Crippen LogP contribution in [0.15, 0.2) is 53.7 Å². The summed E-state index contributed by atoms with van der Waals surface area (Å²) in [5, 5.41) is 14.4. The maximum Gasteiger partial charge on any atom is 0.231 e. The molecule has 0 amide bonds. The van der Waals surface area contributed by atoms with Gasteiger partial charge >= 0.3 is 0 Å². The summed E-state index contributed by atoms with van der Waals surface area (Å²) >= 11 is 1.46. The van der Waals surface area contributed by atoms with Crippen LogP contribution in [0.25, 0.3) is 11.6 Å². The van der Waals surface area contributed by atoms with Gasteiger partial charge in [-0.15, -0.1) is 0 Å². The Labute approximate surface area is 154 Å². The first-order valence-corrected chi connectivity index (χ1v) is 9.32. The summed E-state index contributed by atoms with van der Waals surface area (Å²) < 4.78 is 0. The quantitative estimate of drug-likeness (QED) is 0.720. The van der Waals surface area contributed by atoms with Crippen molar-refractivity contribution in [2.75, 3.05) is 5.32 Å². The second kappa shape index (κ2) is 6.07. The molecule has 2 atom stereocenters. The third kappa shape index (κ3) is 2.78. The van der Waals surface area contributed by atoms with Gasteiger partial charge in [0.25, 0.3) is 0 Å². The Hall–Kier alpha value is -2.99. The Balaban J connectivity index is 1.34. The van der Waals surface area contributed by atoms with Crippen LogP contribution >= 0.6 is 11.3 Å². The van der Waals surface area contributed by atoms with E-state index in [1.54, 1.807) is 12.4 Å². The van der Waals surface area contributed by atoms with Crippen LogP contribution in [0.2, 0.25) is 0 Å². The van der Waals surface area contributed by atoms with E-state index in [1.807, 2.05) is 24.3 Å². The highest BCUT2D eigenvalue weighted by Gasteiger charge is 2.38. The first-order chi connectivity index (χ1) is 12.8. The number of hydrogen-bond acceptors (Lipinski definition) is 6. The van der Waals surface area contributed by atoms with Crippen molar-refractivity contribution in [1.29, 1.82) is 0 Å². The number of allylic oxidation sites excluding steroid dienone is 1. The summed E-state index contributed by atoms with van der Waals surface area (Å²) in [6.45, 7) is 0. The summed E-state index contributed by atoms with van der Waals surface area (Å²) in [6, 6.07) is 14.7. The fourth-order valence-corrected chi connectivity index (χ4v) is 4.12. The Morgan fingerprint density at radius 1 is 1.15 bits per heavy atom. The van der Waals surface area contributed by atoms with Crippen LogP contribution in [0.4, 0.5) is 10.9 Å². The van der Waals surface area contributed by atoms with Gasteiger partial charge in [-0.1, -0.05) is 41.7 Å². The Morgan fingerprint density at radius 3 is 2.92 bits per heavy atom. The number of rotatable bonds is 4. The van der Waals surface area contributed by atoms with Gasteiger partial charge in [0.05, 0.1) is 4.88 Å². The zero-order valence-corrected chi connectivity index (χ0v) is 14.6. The lowest BCUT2D eigenvalue weighted by Gasteiger charge is -2.01. The van der Waals surface area contributed by atoms with Gasteiger partial charge in [-0.25, -0.2) is 9.98 Å². The van der Waals surface area contributed by atoms with Crippen molar-refractivity contribution >= 4 is 40.1 Å². The predicted octanol–water partition coefficient (Wildman–Crippen LogP) is 4.47. The first-order valence-electron chi connectivity index (χ1n) is 8.50. The molecule has 26 heavy (non-hydrogen) atoms. The van der Waals surface area contributed by atoms with E-state index in [2.05, 4.69) is 44.5 Å². The molecule has 3 aromatic rings. The van der Waals surface area contributed by atoms with Crippen molar-refractivity contribution in [3.63, 3.8) is 0 Å². The van der Waals surface area contributed by atoms with Gasteiger partial charge in [-0.2, -0.15) is 4.98 Å². The molecule has 1 aliphatic heterocycles. The summed E-state index contributed by atoms with van der Waals surface area (Å²) in [5.74, 6) is 1.28. The molecule has 2 aromatic heterocycles. The lowest BCUT2D eigenvalue weighted by Crippen LogP contribution is -2.03. The number of aromatic nitrogens is 2. The van der Waals surface area contributed by atoms with E-state index >= 15 is 0 Å². The van der Waals surface area contributed by atoms with Gasteiger partial charge in [0.1, 0.15) is 0 Å². The number of anilines is 1. The van der Waals surface area contributed by atoms with Crippen LogP contribution in [0.3, 0.4) is 0 Å². The standard InChI is InChI=1S/C20H16N4OS/c25-19-17(9-13-11-22-18-14(13)7-4-8-21-18)26-20(24-19)23-16-10-15(16)12-5-2-1-3-6-12/h1-9,11,15-16,25H,10H2,(H,23,24)/b13-9+/t15-,16+/m1/s1. The molecule has 5 rings (SSSR count). The Morgan fingerprint density at radius 2 is 2.04 bits per heavy atom. The van der Waals surface area contributed by atoms with Crippen LogP contribution in [-0.2, 0) is 0 Å². The molecule has 0 unspecified atom stereocenters. The first kappa shape index (κ1) is 15.3. The van der Waals surface area contributed by atoms with E-state index in [0.717, 1.165) is 27.6 Å². The van der Waals surface area contributed by atoms with E-state index in [9.17, 15) is 5.11 Å². The molecular weight excluding hydrogens is 344 g/mol. The van der Waals surface area contributed by atoms with Gasteiger partial charge in [-0.05, 0) is 30.2 Å². The molecule has 0 spiro atoms. The van der Waals surface area contributed by atoms with Gasteiger partial charge in [0, 0.05) is 35.5 Å². The zero-order chi connectivity index (χ0) is 17.5. The number of aromatic hydroxyl groups is 1. The molecule has 6 heteroatoms. The average molecular weight is 360 g/mol. The number of fused-ring (bicyclic) bond motifs is 1.